The van der Waals surface area contributed by atoms with E-state index in [2.05, 4.69) is 5.32 Å². The van der Waals surface area contributed by atoms with Crippen molar-refractivity contribution >= 4 is 11.6 Å². The summed E-state index contributed by atoms with van der Waals surface area (Å²) in [5, 5.41) is 3.88. The summed E-state index contributed by atoms with van der Waals surface area (Å²) in [6, 6.07) is 4.91. The Labute approximate surface area is 113 Å². The van der Waals surface area contributed by atoms with Crippen LogP contribution in [0.4, 0.5) is 4.39 Å². The molecule has 0 unspecified atom stereocenters. The third kappa shape index (κ3) is 3.04. The molecule has 18 heavy (non-hydrogen) atoms. The summed E-state index contributed by atoms with van der Waals surface area (Å²) in [6.07, 6.45) is 5.60. The smallest absolute Gasteiger partial charge is 0.129 e. The van der Waals surface area contributed by atoms with Crippen molar-refractivity contribution in [1.82, 2.24) is 5.32 Å². The van der Waals surface area contributed by atoms with Crippen molar-refractivity contribution in [3.63, 3.8) is 0 Å². The second kappa shape index (κ2) is 5.18. The molecule has 2 saturated carbocycles. The highest BCUT2D eigenvalue weighted by molar-refractivity contribution is 6.30. The number of hydrogen-bond donors (Lipinski definition) is 1. The molecule has 0 amide bonds. The first-order chi connectivity index (χ1) is 8.74. The van der Waals surface area contributed by atoms with Crippen LogP contribution in [0.5, 0.6) is 0 Å². The molecular formula is C15H19ClFN. The maximum absolute atomic E-state index is 13.6. The monoisotopic (exact) mass is 267 g/mol. The van der Waals surface area contributed by atoms with Crippen molar-refractivity contribution in [2.75, 3.05) is 6.54 Å². The summed E-state index contributed by atoms with van der Waals surface area (Å²) in [4.78, 5) is 0. The van der Waals surface area contributed by atoms with Gasteiger partial charge in [-0.1, -0.05) is 17.7 Å². The van der Waals surface area contributed by atoms with Crippen molar-refractivity contribution in [3.05, 3.63) is 34.6 Å². The van der Waals surface area contributed by atoms with E-state index in [1.165, 1.54) is 31.7 Å². The van der Waals surface area contributed by atoms with E-state index in [-0.39, 0.29) is 5.82 Å². The highest BCUT2D eigenvalue weighted by atomic mass is 35.5. The molecule has 0 bridgehead atoms. The summed E-state index contributed by atoms with van der Waals surface area (Å²) < 4.78 is 13.6. The van der Waals surface area contributed by atoms with Crippen LogP contribution in [-0.4, -0.2) is 6.54 Å². The van der Waals surface area contributed by atoms with E-state index in [4.69, 9.17) is 11.6 Å². The highest BCUT2D eigenvalue weighted by Crippen LogP contribution is 2.48. The lowest BCUT2D eigenvalue weighted by molar-refractivity contribution is 0.377. The SMILES string of the molecule is Fc1cc(Cl)ccc1CNCC(C1CC1)C1CC1. The summed E-state index contributed by atoms with van der Waals surface area (Å²) >= 11 is 5.74. The molecule has 1 aromatic rings. The zero-order valence-electron chi connectivity index (χ0n) is 10.5. The van der Waals surface area contributed by atoms with Crippen LogP contribution in [0.3, 0.4) is 0 Å². The van der Waals surface area contributed by atoms with Crippen molar-refractivity contribution in [3.8, 4) is 0 Å². The molecule has 0 atom stereocenters. The van der Waals surface area contributed by atoms with Crippen LogP contribution >= 0.6 is 11.6 Å². The standard InChI is InChI=1S/C15H19ClFN/c16-13-6-5-12(15(17)7-13)8-18-9-14(10-1-2-10)11-3-4-11/h5-7,10-11,14,18H,1-4,8-9H2. The van der Waals surface area contributed by atoms with Gasteiger partial charge in [-0.05, 0) is 62.1 Å². The normalized spacial score (nSPS) is 19.5. The van der Waals surface area contributed by atoms with Gasteiger partial charge in [0.15, 0.2) is 0 Å². The van der Waals surface area contributed by atoms with Gasteiger partial charge in [0.05, 0.1) is 0 Å². The van der Waals surface area contributed by atoms with E-state index < -0.39 is 0 Å². The highest BCUT2D eigenvalue weighted by Gasteiger charge is 2.40. The van der Waals surface area contributed by atoms with Gasteiger partial charge in [0.25, 0.3) is 0 Å². The first-order valence-electron chi connectivity index (χ1n) is 6.88. The largest absolute Gasteiger partial charge is 0.312 e. The fraction of sp³-hybridized carbons (Fsp3) is 0.600. The van der Waals surface area contributed by atoms with Crippen LogP contribution in [0.2, 0.25) is 5.02 Å². The molecule has 3 rings (SSSR count). The van der Waals surface area contributed by atoms with Crippen LogP contribution < -0.4 is 5.32 Å². The van der Waals surface area contributed by atoms with E-state index in [0.29, 0.717) is 17.1 Å². The lowest BCUT2D eigenvalue weighted by atomic mass is 9.98. The van der Waals surface area contributed by atoms with Crippen molar-refractivity contribution in [2.45, 2.75) is 32.2 Å². The van der Waals surface area contributed by atoms with Gasteiger partial charge in [-0.25, -0.2) is 4.39 Å². The van der Waals surface area contributed by atoms with Gasteiger partial charge in [-0.15, -0.1) is 0 Å². The minimum Gasteiger partial charge on any atom is -0.312 e. The van der Waals surface area contributed by atoms with Gasteiger partial charge >= 0.3 is 0 Å². The minimum absolute atomic E-state index is 0.204. The Bertz CT molecular complexity index is 415. The molecule has 2 fully saturated rings. The van der Waals surface area contributed by atoms with Gasteiger partial charge in [-0.3, -0.25) is 0 Å². The third-order valence-electron chi connectivity index (χ3n) is 4.17. The van der Waals surface area contributed by atoms with Crippen LogP contribution in [0.25, 0.3) is 0 Å². The summed E-state index contributed by atoms with van der Waals surface area (Å²) in [5.74, 6) is 2.52. The van der Waals surface area contributed by atoms with Crippen molar-refractivity contribution in [2.24, 2.45) is 17.8 Å². The Balaban J connectivity index is 1.51. The third-order valence-corrected chi connectivity index (χ3v) is 4.40. The van der Waals surface area contributed by atoms with E-state index in [1.54, 1.807) is 12.1 Å². The molecule has 0 radical (unpaired) electrons. The molecule has 0 spiro atoms. The molecule has 1 N–H and O–H groups in total. The zero-order chi connectivity index (χ0) is 12.5. The van der Waals surface area contributed by atoms with Crippen LogP contribution in [0.15, 0.2) is 18.2 Å². The molecule has 1 aromatic carbocycles. The quantitative estimate of drug-likeness (QED) is 0.821. The topological polar surface area (TPSA) is 12.0 Å². The molecule has 2 aliphatic carbocycles. The Morgan fingerprint density at radius 1 is 1.22 bits per heavy atom. The summed E-state index contributed by atoms with van der Waals surface area (Å²) in [5.41, 5.74) is 0.713. The van der Waals surface area contributed by atoms with Gasteiger partial charge in [0.1, 0.15) is 5.82 Å². The molecule has 1 nitrogen and oxygen atoms in total. The Kier molecular flexibility index (Phi) is 3.58. The van der Waals surface area contributed by atoms with Gasteiger partial charge < -0.3 is 5.32 Å². The van der Waals surface area contributed by atoms with E-state index in [0.717, 1.165) is 24.3 Å². The first kappa shape index (κ1) is 12.4. The Hall–Kier alpha value is -0.600. The lowest BCUT2D eigenvalue weighted by Gasteiger charge is -2.16. The Morgan fingerprint density at radius 3 is 2.44 bits per heavy atom. The van der Waals surface area contributed by atoms with E-state index in [9.17, 15) is 4.39 Å². The Morgan fingerprint density at radius 2 is 1.89 bits per heavy atom. The summed E-state index contributed by atoms with van der Waals surface area (Å²) in [7, 11) is 0. The van der Waals surface area contributed by atoms with Gasteiger partial charge in [0.2, 0.25) is 0 Å². The van der Waals surface area contributed by atoms with Gasteiger partial charge in [-0.2, -0.15) is 0 Å². The lowest BCUT2D eigenvalue weighted by Crippen LogP contribution is -2.25. The number of hydrogen-bond acceptors (Lipinski definition) is 1. The second-order valence-electron chi connectivity index (χ2n) is 5.71. The molecule has 98 valence electrons. The molecular weight excluding hydrogens is 249 g/mol. The predicted molar refractivity (Wildman–Crippen MR) is 72.1 cm³/mol. The van der Waals surface area contributed by atoms with Gasteiger partial charge in [0, 0.05) is 17.1 Å². The van der Waals surface area contributed by atoms with Crippen LogP contribution in [0, 0.1) is 23.6 Å². The molecule has 0 saturated heterocycles. The maximum Gasteiger partial charge on any atom is 0.129 e. The fourth-order valence-corrected chi connectivity index (χ4v) is 2.96. The van der Waals surface area contributed by atoms with Crippen molar-refractivity contribution in [1.29, 1.82) is 0 Å². The molecule has 0 aromatic heterocycles. The molecule has 0 heterocycles. The summed E-state index contributed by atoms with van der Waals surface area (Å²) in [6.45, 7) is 1.65. The number of nitrogens with one attached hydrogen (secondary N) is 1. The number of benzene rings is 1. The average Bonchev–Trinajstić information content (AvgIpc) is 3.20. The molecule has 3 heteroatoms. The maximum atomic E-state index is 13.6. The molecule has 0 aliphatic heterocycles. The van der Waals surface area contributed by atoms with Crippen LogP contribution in [0.1, 0.15) is 31.2 Å². The van der Waals surface area contributed by atoms with Crippen molar-refractivity contribution < 1.29 is 4.39 Å². The first-order valence-corrected chi connectivity index (χ1v) is 7.26. The average molecular weight is 268 g/mol. The van der Waals surface area contributed by atoms with Crippen LogP contribution in [-0.2, 0) is 6.54 Å². The second-order valence-corrected chi connectivity index (χ2v) is 6.14. The number of rotatable bonds is 6. The van der Waals surface area contributed by atoms with E-state index >= 15 is 0 Å². The number of halogens is 2. The fourth-order valence-electron chi connectivity index (χ4n) is 2.81. The zero-order valence-corrected chi connectivity index (χ0v) is 11.2. The van der Waals surface area contributed by atoms with E-state index in [1.807, 2.05) is 0 Å². The predicted octanol–water partition coefficient (Wildman–Crippen LogP) is 4.00. The molecule has 2 aliphatic rings. The minimum atomic E-state index is -0.204.